The summed E-state index contributed by atoms with van der Waals surface area (Å²) in [5, 5.41) is 3.33. The molecule has 0 aliphatic carbocycles. The van der Waals surface area contributed by atoms with Gasteiger partial charge in [0.15, 0.2) is 0 Å². The van der Waals surface area contributed by atoms with Crippen LogP contribution in [0.25, 0.3) is 0 Å². The first-order valence-electron chi connectivity index (χ1n) is 11.3. The second-order valence-corrected chi connectivity index (χ2v) is 11.3. The number of piperidine rings is 2. The average molecular weight is 493 g/mol. The Kier molecular flexibility index (Phi) is 7.11. The zero-order valence-electron chi connectivity index (χ0n) is 18.6. The first-order chi connectivity index (χ1) is 15.7. The summed E-state index contributed by atoms with van der Waals surface area (Å²) in [6.45, 7) is 3.95. The number of hydrogen-bond acceptors (Lipinski definition) is 4. The number of H-pyrrole nitrogens is 1. The quantitative estimate of drug-likeness (QED) is 0.665. The molecule has 0 unspecified atom stereocenters. The highest BCUT2D eigenvalue weighted by molar-refractivity contribution is 7.89. The van der Waals surface area contributed by atoms with Crippen molar-refractivity contribution in [2.24, 2.45) is 11.8 Å². The number of nitrogens with one attached hydrogen (secondary N) is 2. The summed E-state index contributed by atoms with van der Waals surface area (Å²) in [5.41, 5.74) is 0.851. The summed E-state index contributed by atoms with van der Waals surface area (Å²) in [5.74, 6) is -0.290. The van der Waals surface area contributed by atoms with Crippen molar-refractivity contribution in [1.29, 1.82) is 0 Å². The summed E-state index contributed by atoms with van der Waals surface area (Å²) in [6.07, 6.45) is 4.44. The molecule has 4 rings (SSSR count). The number of anilines is 1. The molecule has 0 saturated carbocycles. The molecule has 0 radical (unpaired) electrons. The molecular weight excluding hydrogens is 464 g/mol. The van der Waals surface area contributed by atoms with Crippen molar-refractivity contribution in [2.45, 2.75) is 37.5 Å². The van der Waals surface area contributed by atoms with Crippen LogP contribution < -0.4 is 5.32 Å². The molecule has 33 heavy (non-hydrogen) atoms. The predicted octanol–water partition coefficient (Wildman–Crippen LogP) is 3.58. The van der Waals surface area contributed by atoms with E-state index in [2.05, 4.69) is 17.2 Å². The van der Waals surface area contributed by atoms with Crippen LogP contribution in [0.15, 0.2) is 41.4 Å². The number of amides is 2. The highest BCUT2D eigenvalue weighted by Gasteiger charge is 2.34. The van der Waals surface area contributed by atoms with Crippen molar-refractivity contribution in [3.05, 3.63) is 47.2 Å². The van der Waals surface area contributed by atoms with Crippen molar-refractivity contribution >= 4 is 39.1 Å². The second kappa shape index (κ2) is 9.87. The van der Waals surface area contributed by atoms with Crippen LogP contribution in [0.1, 0.15) is 43.1 Å². The van der Waals surface area contributed by atoms with E-state index in [1.807, 2.05) is 0 Å². The predicted molar refractivity (Wildman–Crippen MR) is 127 cm³/mol. The monoisotopic (exact) mass is 492 g/mol. The topological polar surface area (TPSA) is 103 Å². The number of benzene rings is 1. The molecule has 3 heterocycles. The highest BCUT2D eigenvalue weighted by atomic mass is 35.5. The molecule has 2 amide bonds. The van der Waals surface area contributed by atoms with Crippen LogP contribution in [0.5, 0.6) is 0 Å². The Hall–Kier alpha value is -2.36. The lowest BCUT2D eigenvalue weighted by atomic mass is 9.99. The Bertz CT molecular complexity index is 1120. The van der Waals surface area contributed by atoms with Crippen LogP contribution in [0.3, 0.4) is 0 Å². The number of carbonyl (C=O) groups is 2. The maximum Gasteiger partial charge on any atom is 0.270 e. The molecule has 2 N–H and O–H groups in total. The molecule has 8 nitrogen and oxygen atoms in total. The van der Waals surface area contributed by atoms with Crippen molar-refractivity contribution in [3.63, 3.8) is 0 Å². The van der Waals surface area contributed by atoms with E-state index in [9.17, 15) is 18.0 Å². The summed E-state index contributed by atoms with van der Waals surface area (Å²) in [6, 6.07) is 8.25. The molecule has 2 fully saturated rings. The molecular formula is C23H29ClN4O4S. The summed E-state index contributed by atoms with van der Waals surface area (Å²) >= 11 is 5.98. The van der Waals surface area contributed by atoms with Crippen molar-refractivity contribution in [2.75, 3.05) is 31.5 Å². The lowest BCUT2D eigenvalue weighted by Gasteiger charge is -2.31. The van der Waals surface area contributed by atoms with Crippen LogP contribution in [-0.4, -0.2) is 60.6 Å². The van der Waals surface area contributed by atoms with E-state index < -0.39 is 15.9 Å². The fraction of sp³-hybridized carbons (Fsp3) is 0.478. The molecule has 178 valence electrons. The van der Waals surface area contributed by atoms with Gasteiger partial charge in [-0.1, -0.05) is 24.6 Å². The Morgan fingerprint density at radius 2 is 1.88 bits per heavy atom. The van der Waals surface area contributed by atoms with Gasteiger partial charge in [-0.25, -0.2) is 8.42 Å². The van der Waals surface area contributed by atoms with Gasteiger partial charge in [0, 0.05) is 43.1 Å². The maximum atomic E-state index is 13.2. The van der Waals surface area contributed by atoms with E-state index in [0.29, 0.717) is 49.1 Å². The molecule has 2 saturated heterocycles. The largest absolute Gasteiger partial charge is 0.356 e. The van der Waals surface area contributed by atoms with Crippen LogP contribution in [0.2, 0.25) is 5.02 Å². The van der Waals surface area contributed by atoms with E-state index in [4.69, 9.17) is 11.6 Å². The van der Waals surface area contributed by atoms with Gasteiger partial charge in [0.1, 0.15) is 10.6 Å². The lowest BCUT2D eigenvalue weighted by Crippen LogP contribution is -2.43. The lowest BCUT2D eigenvalue weighted by molar-refractivity contribution is -0.120. The van der Waals surface area contributed by atoms with Gasteiger partial charge >= 0.3 is 0 Å². The Morgan fingerprint density at radius 3 is 2.61 bits per heavy atom. The highest BCUT2D eigenvalue weighted by Crippen LogP contribution is 2.26. The summed E-state index contributed by atoms with van der Waals surface area (Å²) < 4.78 is 27.8. The van der Waals surface area contributed by atoms with Crippen LogP contribution in [0, 0.1) is 11.8 Å². The molecule has 2 aliphatic heterocycles. The number of sulfonamides is 1. The summed E-state index contributed by atoms with van der Waals surface area (Å²) in [7, 11) is -3.83. The van der Waals surface area contributed by atoms with E-state index in [1.54, 1.807) is 29.2 Å². The maximum absolute atomic E-state index is 13.2. The van der Waals surface area contributed by atoms with E-state index in [0.717, 1.165) is 12.8 Å². The number of aromatic nitrogens is 1. The fourth-order valence-corrected chi connectivity index (χ4v) is 6.07. The Labute approximate surface area is 199 Å². The fourth-order valence-electron chi connectivity index (χ4n) is 4.36. The zero-order valence-corrected chi connectivity index (χ0v) is 20.2. The number of rotatable bonds is 5. The third-order valence-electron chi connectivity index (χ3n) is 6.44. The van der Waals surface area contributed by atoms with Crippen LogP contribution in [0.4, 0.5) is 5.69 Å². The molecule has 2 aliphatic rings. The smallest absolute Gasteiger partial charge is 0.270 e. The third kappa shape index (κ3) is 5.42. The normalized spacial score (nSPS) is 20.5. The van der Waals surface area contributed by atoms with Gasteiger partial charge in [0.25, 0.3) is 5.91 Å². The van der Waals surface area contributed by atoms with E-state index >= 15 is 0 Å². The molecule has 2 aromatic rings. The Morgan fingerprint density at radius 1 is 1.12 bits per heavy atom. The standard InChI is InChI=1S/C23H29ClN4O4S/c1-16-7-10-27(11-8-16)23(30)21-13-20(14-25-21)33(31,32)28-9-3-4-17(15-28)22(29)26-19-6-2-5-18(24)12-19/h2,5-6,12-14,16-17,25H,3-4,7-11,15H2,1H3,(H,26,29)/t17-/m1/s1. The third-order valence-corrected chi connectivity index (χ3v) is 8.52. The molecule has 0 bridgehead atoms. The minimum atomic E-state index is -3.83. The average Bonchev–Trinajstić information content (AvgIpc) is 3.30. The number of hydrogen-bond donors (Lipinski definition) is 2. The van der Waals surface area contributed by atoms with Gasteiger partial charge < -0.3 is 15.2 Å². The van der Waals surface area contributed by atoms with E-state index in [1.165, 1.54) is 16.6 Å². The van der Waals surface area contributed by atoms with Gasteiger partial charge in [-0.05, 0) is 55.9 Å². The summed E-state index contributed by atoms with van der Waals surface area (Å²) in [4.78, 5) is 30.2. The van der Waals surface area contributed by atoms with Gasteiger partial charge in [0.05, 0.1) is 5.92 Å². The minimum absolute atomic E-state index is 0.0483. The van der Waals surface area contributed by atoms with E-state index in [-0.39, 0.29) is 28.9 Å². The second-order valence-electron chi connectivity index (χ2n) is 8.93. The van der Waals surface area contributed by atoms with Crippen LogP contribution >= 0.6 is 11.6 Å². The van der Waals surface area contributed by atoms with Gasteiger partial charge in [-0.15, -0.1) is 0 Å². The molecule has 1 aromatic carbocycles. The molecule has 0 spiro atoms. The van der Waals surface area contributed by atoms with Gasteiger partial charge in [-0.3, -0.25) is 9.59 Å². The van der Waals surface area contributed by atoms with Gasteiger partial charge in [-0.2, -0.15) is 4.31 Å². The first kappa shape index (κ1) is 23.8. The number of halogens is 1. The molecule has 10 heteroatoms. The van der Waals surface area contributed by atoms with Crippen molar-refractivity contribution in [3.8, 4) is 0 Å². The zero-order chi connectivity index (χ0) is 23.6. The first-order valence-corrected chi connectivity index (χ1v) is 13.1. The SMILES string of the molecule is CC1CCN(C(=O)c2cc(S(=O)(=O)N3CCC[C@@H](C(=O)Nc4cccc(Cl)c4)C3)c[nH]2)CC1. The molecule has 1 atom stereocenters. The number of nitrogens with zero attached hydrogens (tertiary/aromatic N) is 2. The Balaban J connectivity index is 1.43. The van der Waals surface area contributed by atoms with Gasteiger partial charge in [0.2, 0.25) is 15.9 Å². The number of carbonyl (C=O) groups excluding carboxylic acids is 2. The van der Waals surface area contributed by atoms with Crippen molar-refractivity contribution < 1.29 is 18.0 Å². The van der Waals surface area contributed by atoms with Crippen LogP contribution in [-0.2, 0) is 14.8 Å². The number of likely N-dealkylation sites (tertiary alicyclic amines) is 1. The minimum Gasteiger partial charge on any atom is -0.356 e. The number of aromatic amines is 1. The van der Waals surface area contributed by atoms with Crippen molar-refractivity contribution in [1.82, 2.24) is 14.2 Å². The molecule has 1 aromatic heterocycles.